The highest BCUT2D eigenvalue weighted by Crippen LogP contribution is 2.44. The molecule has 4 atom stereocenters. The van der Waals surface area contributed by atoms with Crippen LogP contribution in [0.2, 0.25) is 20.1 Å². The van der Waals surface area contributed by atoms with Gasteiger partial charge in [0.1, 0.15) is 11.5 Å². The molecule has 0 radical (unpaired) electrons. The molecule has 2 saturated heterocycles. The molecule has 2 aromatic heterocycles. The lowest BCUT2D eigenvalue weighted by atomic mass is 9.92. The van der Waals surface area contributed by atoms with Crippen LogP contribution in [-0.2, 0) is 75.6 Å². The number of benzene rings is 2. The Morgan fingerprint density at radius 3 is 1.36 bits per heavy atom. The molecule has 2 aliphatic carbocycles. The van der Waals surface area contributed by atoms with Crippen molar-refractivity contribution in [2.75, 3.05) is 13.1 Å². The molecule has 38 heteroatoms. The van der Waals surface area contributed by atoms with Gasteiger partial charge in [-0.2, -0.15) is 105 Å². The fourth-order valence-electron chi connectivity index (χ4n) is 9.16. The summed E-state index contributed by atoms with van der Waals surface area (Å²) in [5, 5.41) is 6.06. The number of fused-ring (bicyclic) bond motifs is 2. The number of likely N-dealkylation sites (tertiary alicyclic amines) is 2. The monoisotopic (exact) mass is 1290 g/mol. The van der Waals surface area contributed by atoms with Gasteiger partial charge in [-0.1, -0.05) is 46.4 Å². The van der Waals surface area contributed by atoms with Crippen molar-refractivity contribution in [1.29, 1.82) is 0 Å². The second-order valence-electron chi connectivity index (χ2n) is 17.7. The van der Waals surface area contributed by atoms with Crippen LogP contribution in [0.3, 0.4) is 0 Å². The van der Waals surface area contributed by atoms with Crippen LogP contribution in [0.5, 0.6) is 11.5 Å². The molecule has 2 unspecified atom stereocenters. The molecule has 78 heavy (non-hydrogen) atoms. The highest BCUT2D eigenvalue weighted by molar-refractivity contribution is 7.91. The number of halogens is 16. The number of hydrogen-bond donors (Lipinski definition) is 0. The first-order valence-electron chi connectivity index (χ1n) is 22.1. The van der Waals surface area contributed by atoms with Gasteiger partial charge < -0.3 is 18.2 Å². The van der Waals surface area contributed by atoms with Gasteiger partial charge >= 0.3 is 62.3 Å². The third-order valence-corrected chi connectivity index (χ3v) is 18.7. The Morgan fingerprint density at radius 1 is 0.551 bits per heavy atom. The fraction of sp³-hybridized carbons (Fsp3) is 0.500. The molecule has 0 N–H and O–H groups in total. The average molecular weight is 1290 g/mol. The zero-order valence-corrected chi connectivity index (χ0v) is 44.8. The number of hydrogen-bond acceptors (Lipinski definition) is 14. The Labute approximate surface area is 453 Å². The van der Waals surface area contributed by atoms with E-state index in [-0.39, 0.29) is 120 Å². The van der Waals surface area contributed by atoms with Gasteiger partial charge in [0.15, 0.2) is 0 Å². The number of amides is 2. The molecule has 2 aliphatic heterocycles. The minimum Gasteiger partial charge on any atom is -0.376 e. The molecule has 2 aromatic carbocycles. The third kappa shape index (κ3) is 12.0. The van der Waals surface area contributed by atoms with Crippen molar-refractivity contribution in [3.63, 3.8) is 0 Å². The Hall–Kier alpha value is -4.48. The van der Waals surface area contributed by atoms with E-state index >= 15 is 0 Å². The first-order valence-corrected chi connectivity index (χ1v) is 29.3. The fourth-order valence-corrected chi connectivity index (χ4v) is 12.8. The molecule has 2 fully saturated rings. The van der Waals surface area contributed by atoms with Gasteiger partial charge in [0.05, 0.1) is 29.7 Å². The van der Waals surface area contributed by atoms with E-state index in [0.717, 1.165) is 36.7 Å². The summed E-state index contributed by atoms with van der Waals surface area (Å²) in [6, 6.07) is 1.42. The summed E-state index contributed by atoms with van der Waals surface area (Å²) < 4.78 is 255. The Balaban J connectivity index is 0.000000226. The first kappa shape index (κ1) is 61.1. The van der Waals surface area contributed by atoms with E-state index in [2.05, 4.69) is 18.6 Å². The minimum absolute atomic E-state index is 0.0477. The lowest BCUT2D eigenvalue weighted by molar-refractivity contribution is -0.134. The van der Waals surface area contributed by atoms with E-state index in [0.29, 0.717) is 19.3 Å². The maximum atomic E-state index is 13.3. The number of aryl methyl sites for hydroxylation is 2. The summed E-state index contributed by atoms with van der Waals surface area (Å²) in [6.45, 7) is 0.220. The number of carbonyl (C=O) groups excluding carboxylic acids is 2. The average Bonchev–Trinajstić information content (AvgIpc) is 4.10. The summed E-state index contributed by atoms with van der Waals surface area (Å²) in [6.07, 6.45) is 4.01. The van der Waals surface area contributed by atoms with Crippen molar-refractivity contribution in [3.05, 3.63) is 90.4 Å². The molecule has 4 aliphatic rings. The molecular weight excluding hydrogens is 1250 g/mol. The largest absolute Gasteiger partial charge is 0.534 e. The smallest absolute Gasteiger partial charge is 0.376 e. The highest BCUT2D eigenvalue weighted by atomic mass is 35.5. The van der Waals surface area contributed by atoms with Gasteiger partial charge in [-0.05, 0) is 86.5 Å². The number of nitrogens with zero attached hydrogens (tertiary/aromatic N) is 6. The predicted octanol–water partition coefficient (Wildman–Crippen LogP) is 9.17. The number of aromatic nitrogens is 4. The van der Waals surface area contributed by atoms with E-state index in [1.165, 1.54) is 9.80 Å². The van der Waals surface area contributed by atoms with Crippen LogP contribution in [0, 0.1) is 11.8 Å². The van der Waals surface area contributed by atoms with Crippen molar-refractivity contribution >= 4 is 98.5 Å². The van der Waals surface area contributed by atoms with E-state index in [1.807, 2.05) is 0 Å². The number of alkyl halides is 12. The Bertz CT molecular complexity index is 3460. The number of carbonyl (C=O) groups is 2. The normalized spacial score (nSPS) is 20.8. The summed E-state index contributed by atoms with van der Waals surface area (Å²) in [4.78, 5) is 29.2. The lowest BCUT2D eigenvalue weighted by Gasteiger charge is -2.32. The van der Waals surface area contributed by atoms with E-state index in [1.54, 1.807) is 0 Å². The zero-order chi connectivity index (χ0) is 58.3. The molecule has 8 rings (SSSR count). The maximum Gasteiger partial charge on any atom is 0.534 e. The molecule has 0 saturated carbocycles. The Kier molecular flexibility index (Phi) is 16.8. The van der Waals surface area contributed by atoms with Crippen LogP contribution < -0.4 is 8.37 Å². The van der Waals surface area contributed by atoms with Crippen molar-refractivity contribution < 1.29 is 104 Å². The van der Waals surface area contributed by atoms with Gasteiger partial charge in [0.2, 0.25) is 11.8 Å². The van der Waals surface area contributed by atoms with Crippen LogP contribution in [0.4, 0.5) is 52.7 Å². The third-order valence-electron chi connectivity index (χ3n) is 12.8. The second kappa shape index (κ2) is 21.4. The topological polar surface area (TPSA) is 231 Å². The van der Waals surface area contributed by atoms with Crippen LogP contribution in [-0.4, -0.2) is 109 Å². The van der Waals surface area contributed by atoms with Crippen molar-refractivity contribution in [3.8, 4) is 11.5 Å². The van der Waals surface area contributed by atoms with Crippen LogP contribution in [0.15, 0.2) is 36.7 Å². The van der Waals surface area contributed by atoms with Crippen molar-refractivity contribution in [2.45, 2.75) is 98.3 Å². The SMILES string of the molecule is O=C1[C@H](Cc2c(Cl)cc(OS(=O)(=O)C(F)(F)F)cc2Cl)CCN1C1CCCc2cn(S(=O)(=O)C(F)(F)F)nc21.O=C1[C@H](Cc2c(Cl)cc(OS(=O)(=O)C(F)(F)F)cc2Cl)CCN1C1CCCc2cnn(S(=O)(=O)C(F)(F)F)c21. The number of rotatable bonds is 12. The summed E-state index contributed by atoms with van der Waals surface area (Å²) in [7, 11) is -23.6. The summed E-state index contributed by atoms with van der Waals surface area (Å²) >= 11 is 24.4. The van der Waals surface area contributed by atoms with E-state index in [9.17, 15) is 95.9 Å². The summed E-state index contributed by atoms with van der Waals surface area (Å²) in [5.41, 5.74) is -22.0. The molecular formula is C40H34Cl4F12N6O12S4. The summed E-state index contributed by atoms with van der Waals surface area (Å²) in [5.74, 6) is -4.11. The quantitative estimate of drug-likeness (QED) is 0.0731. The molecule has 0 bridgehead atoms. The molecule has 0 spiro atoms. The first-order chi connectivity index (χ1) is 35.7. The van der Waals surface area contributed by atoms with E-state index < -0.39 is 110 Å². The molecule has 18 nitrogen and oxygen atoms in total. The van der Waals surface area contributed by atoms with Crippen LogP contribution in [0.25, 0.3) is 0 Å². The molecule has 2 amide bonds. The van der Waals surface area contributed by atoms with Gasteiger partial charge in [-0.25, -0.2) is 0 Å². The lowest BCUT2D eigenvalue weighted by Crippen LogP contribution is -2.38. The van der Waals surface area contributed by atoms with Crippen molar-refractivity contribution in [2.24, 2.45) is 11.8 Å². The molecule has 4 heterocycles. The highest BCUT2D eigenvalue weighted by Gasteiger charge is 2.53. The molecule has 4 aromatic rings. The standard InChI is InChI=1S/2C20H17Cl2F6N3O6S2/c21-14-7-12(37-39(35,36)20(26,27)28)8-15(22)13(14)6-10-4-5-30(18(10)32)16-3-1-2-11-9-31(29-17(11)16)38(33,34)19(23,24)25;21-14-7-12(37-39(35,36)20(26,27)28)8-15(22)13(14)6-10-4-5-30(18(10)32)16-3-1-2-11-9-29-31(17(11)16)38(33,34)19(23,24)25/h2*7-10,16H,1-6H2/t2*10-,16?/m00/s1. The van der Waals surface area contributed by atoms with Gasteiger partial charge in [0.25, 0.3) is 0 Å². The van der Waals surface area contributed by atoms with Crippen LogP contribution in [0.1, 0.15) is 84.3 Å². The van der Waals surface area contributed by atoms with Gasteiger partial charge in [0, 0.05) is 75.5 Å². The van der Waals surface area contributed by atoms with Gasteiger partial charge in [-0.3, -0.25) is 9.59 Å². The minimum atomic E-state index is -5.99. The zero-order valence-electron chi connectivity index (χ0n) is 38.5. The van der Waals surface area contributed by atoms with Crippen LogP contribution >= 0.6 is 46.4 Å². The van der Waals surface area contributed by atoms with Crippen molar-refractivity contribution in [1.82, 2.24) is 28.2 Å². The van der Waals surface area contributed by atoms with E-state index in [4.69, 9.17) is 46.4 Å². The maximum absolute atomic E-state index is 13.3. The predicted molar refractivity (Wildman–Crippen MR) is 248 cm³/mol. The Morgan fingerprint density at radius 2 is 0.949 bits per heavy atom. The van der Waals surface area contributed by atoms with Gasteiger partial charge in [-0.15, -0.1) is 0 Å². The molecule has 432 valence electrons. The second-order valence-corrected chi connectivity index (χ2v) is 25.9.